The van der Waals surface area contributed by atoms with Crippen LogP contribution in [0.15, 0.2) is 12.3 Å². The zero-order valence-corrected chi connectivity index (χ0v) is 9.88. The molecule has 0 aliphatic carbocycles. The molecule has 1 aromatic heterocycles. The first-order valence-corrected chi connectivity index (χ1v) is 5.43. The van der Waals surface area contributed by atoms with E-state index in [4.69, 9.17) is 9.84 Å². The van der Waals surface area contributed by atoms with Gasteiger partial charge in [-0.25, -0.2) is 14.8 Å². The predicted molar refractivity (Wildman–Crippen MR) is 61.2 cm³/mol. The molecule has 1 fully saturated rings. The molecule has 0 spiro atoms. The number of carbonyl (C=O) groups is 1. The number of carboxylic acids is 1. The van der Waals surface area contributed by atoms with Gasteiger partial charge in [0.25, 0.3) is 0 Å². The van der Waals surface area contributed by atoms with Gasteiger partial charge in [0.15, 0.2) is 5.69 Å². The lowest BCUT2D eigenvalue weighted by Crippen LogP contribution is -2.49. The van der Waals surface area contributed by atoms with E-state index in [2.05, 4.69) is 9.97 Å². The molecule has 2 heterocycles. The van der Waals surface area contributed by atoms with Gasteiger partial charge in [-0.3, -0.25) is 0 Å². The highest BCUT2D eigenvalue weighted by atomic mass is 16.5. The molecule has 6 heteroatoms. The van der Waals surface area contributed by atoms with E-state index in [0.717, 1.165) is 0 Å². The molecule has 1 aromatic rings. The summed E-state index contributed by atoms with van der Waals surface area (Å²) in [5.41, 5.74) is -0.250. The van der Waals surface area contributed by atoms with Crippen LogP contribution >= 0.6 is 0 Å². The normalized spacial score (nSPS) is 19.1. The summed E-state index contributed by atoms with van der Waals surface area (Å²) < 4.78 is 5.58. The van der Waals surface area contributed by atoms with Crippen LogP contribution in [0.4, 0.5) is 5.95 Å². The summed E-state index contributed by atoms with van der Waals surface area (Å²) in [6.45, 7) is 5.89. The van der Waals surface area contributed by atoms with E-state index in [1.807, 2.05) is 18.7 Å². The topological polar surface area (TPSA) is 75.6 Å². The van der Waals surface area contributed by atoms with Crippen molar-refractivity contribution in [2.24, 2.45) is 0 Å². The molecule has 1 aliphatic rings. The van der Waals surface area contributed by atoms with Crippen molar-refractivity contribution in [1.82, 2.24) is 9.97 Å². The quantitative estimate of drug-likeness (QED) is 0.819. The van der Waals surface area contributed by atoms with Gasteiger partial charge in [0.1, 0.15) is 0 Å². The summed E-state index contributed by atoms with van der Waals surface area (Å²) in [7, 11) is 0. The summed E-state index contributed by atoms with van der Waals surface area (Å²) in [5, 5.41) is 8.88. The average molecular weight is 237 g/mol. The van der Waals surface area contributed by atoms with Gasteiger partial charge in [-0.1, -0.05) is 0 Å². The highest BCUT2D eigenvalue weighted by molar-refractivity contribution is 5.85. The van der Waals surface area contributed by atoms with Crippen molar-refractivity contribution in [2.75, 3.05) is 24.6 Å². The van der Waals surface area contributed by atoms with Crippen molar-refractivity contribution in [3.63, 3.8) is 0 Å². The standard InChI is InChI=1S/C11H15N3O3/c1-11(2)7-14(5-6-17-11)10-12-4-3-8(13-10)9(15)16/h3-4H,5-7H2,1-2H3,(H,15,16). The average Bonchev–Trinajstić information content (AvgIpc) is 2.28. The second kappa shape index (κ2) is 4.29. The Morgan fingerprint density at radius 1 is 1.59 bits per heavy atom. The van der Waals surface area contributed by atoms with Crippen LogP contribution in [0.5, 0.6) is 0 Å². The van der Waals surface area contributed by atoms with Gasteiger partial charge in [0, 0.05) is 19.3 Å². The fourth-order valence-corrected chi connectivity index (χ4v) is 1.81. The van der Waals surface area contributed by atoms with Crippen molar-refractivity contribution in [2.45, 2.75) is 19.4 Å². The summed E-state index contributed by atoms with van der Waals surface area (Å²) in [5.74, 6) is -0.595. The third kappa shape index (κ3) is 2.71. The van der Waals surface area contributed by atoms with E-state index in [0.29, 0.717) is 25.6 Å². The number of morpholine rings is 1. The van der Waals surface area contributed by atoms with E-state index in [9.17, 15) is 4.79 Å². The Balaban J connectivity index is 2.22. The summed E-state index contributed by atoms with van der Waals surface area (Å²) in [6, 6.07) is 1.39. The van der Waals surface area contributed by atoms with Gasteiger partial charge in [0.2, 0.25) is 5.95 Å². The first-order valence-electron chi connectivity index (χ1n) is 5.43. The Morgan fingerprint density at radius 3 is 3.00 bits per heavy atom. The van der Waals surface area contributed by atoms with Crippen molar-refractivity contribution in [3.05, 3.63) is 18.0 Å². The molecule has 0 amide bonds. The highest BCUT2D eigenvalue weighted by Crippen LogP contribution is 2.20. The zero-order chi connectivity index (χ0) is 12.5. The van der Waals surface area contributed by atoms with Gasteiger partial charge >= 0.3 is 5.97 Å². The Kier molecular flexibility index (Phi) is 2.97. The van der Waals surface area contributed by atoms with Crippen molar-refractivity contribution in [3.8, 4) is 0 Å². The summed E-state index contributed by atoms with van der Waals surface area (Å²) >= 11 is 0. The van der Waals surface area contributed by atoms with Gasteiger partial charge in [-0.2, -0.15) is 0 Å². The number of rotatable bonds is 2. The van der Waals surface area contributed by atoms with Crippen LogP contribution in [0.25, 0.3) is 0 Å². The molecule has 1 saturated heterocycles. The maximum atomic E-state index is 10.8. The fraction of sp³-hybridized carbons (Fsp3) is 0.545. The van der Waals surface area contributed by atoms with Crippen LogP contribution in [0.1, 0.15) is 24.3 Å². The molecule has 6 nitrogen and oxygen atoms in total. The lowest BCUT2D eigenvalue weighted by atomic mass is 10.1. The lowest BCUT2D eigenvalue weighted by molar-refractivity contribution is -0.0281. The Hall–Kier alpha value is -1.69. The fourth-order valence-electron chi connectivity index (χ4n) is 1.81. The van der Waals surface area contributed by atoms with Crippen LogP contribution < -0.4 is 4.90 Å². The number of nitrogens with zero attached hydrogens (tertiary/aromatic N) is 3. The van der Waals surface area contributed by atoms with E-state index >= 15 is 0 Å². The number of aromatic nitrogens is 2. The monoisotopic (exact) mass is 237 g/mol. The molecule has 0 atom stereocenters. The first kappa shape index (κ1) is 11.8. The van der Waals surface area contributed by atoms with Crippen molar-refractivity contribution >= 4 is 11.9 Å². The van der Waals surface area contributed by atoms with Gasteiger partial charge < -0.3 is 14.7 Å². The van der Waals surface area contributed by atoms with Crippen LogP contribution in [0.3, 0.4) is 0 Å². The largest absolute Gasteiger partial charge is 0.477 e. The first-order chi connectivity index (χ1) is 7.98. The number of ether oxygens (including phenoxy) is 1. The molecule has 0 saturated carbocycles. The third-order valence-electron chi connectivity index (χ3n) is 2.57. The van der Waals surface area contributed by atoms with E-state index in [-0.39, 0.29) is 11.3 Å². The Morgan fingerprint density at radius 2 is 2.35 bits per heavy atom. The Labute approximate surface area is 99.2 Å². The van der Waals surface area contributed by atoms with Gasteiger partial charge in [0.05, 0.1) is 12.2 Å². The molecular formula is C11H15N3O3. The maximum absolute atomic E-state index is 10.8. The predicted octanol–water partition coefficient (Wildman–Crippen LogP) is 0.790. The minimum absolute atomic E-state index is 0.0132. The minimum Gasteiger partial charge on any atom is -0.477 e. The molecule has 0 radical (unpaired) electrons. The van der Waals surface area contributed by atoms with Crippen molar-refractivity contribution in [1.29, 1.82) is 0 Å². The molecular weight excluding hydrogens is 222 g/mol. The van der Waals surface area contributed by atoms with Crippen LogP contribution in [0.2, 0.25) is 0 Å². The SMILES string of the molecule is CC1(C)CN(c2nccc(C(=O)O)n2)CCO1. The van der Waals surface area contributed by atoms with E-state index < -0.39 is 5.97 Å². The molecule has 1 aliphatic heterocycles. The van der Waals surface area contributed by atoms with E-state index in [1.54, 1.807) is 0 Å². The van der Waals surface area contributed by atoms with Crippen LogP contribution in [-0.2, 0) is 4.74 Å². The number of aromatic carboxylic acids is 1. The van der Waals surface area contributed by atoms with Gasteiger partial charge in [-0.05, 0) is 19.9 Å². The van der Waals surface area contributed by atoms with Crippen molar-refractivity contribution < 1.29 is 14.6 Å². The van der Waals surface area contributed by atoms with Crippen LogP contribution in [0, 0.1) is 0 Å². The van der Waals surface area contributed by atoms with Gasteiger partial charge in [-0.15, -0.1) is 0 Å². The Bertz CT molecular complexity index is 434. The minimum atomic E-state index is -1.04. The highest BCUT2D eigenvalue weighted by Gasteiger charge is 2.28. The second-order valence-electron chi connectivity index (χ2n) is 4.58. The third-order valence-corrected chi connectivity index (χ3v) is 2.57. The number of hydrogen-bond acceptors (Lipinski definition) is 5. The molecule has 0 unspecified atom stereocenters. The second-order valence-corrected chi connectivity index (χ2v) is 4.58. The number of carboxylic acid groups (broad SMARTS) is 1. The molecule has 17 heavy (non-hydrogen) atoms. The van der Waals surface area contributed by atoms with Crippen LogP contribution in [-0.4, -0.2) is 46.3 Å². The summed E-state index contributed by atoms with van der Waals surface area (Å²) in [4.78, 5) is 20.9. The molecule has 92 valence electrons. The number of hydrogen-bond donors (Lipinski definition) is 1. The molecule has 2 rings (SSSR count). The molecule has 0 aromatic carbocycles. The summed E-state index contributed by atoms with van der Waals surface area (Å²) in [6.07, 6.45) is 1.47. The molecule has 0 bridgehead atoms. The van der Waals surface area contributed by atoms with E-state index in [1.165, 1.54) is 12.3 Å². The number of anilines is 1. The smallest absolute Gasteiger partial charge is 0.354 e. The lowest BCUT2D eigenvalue weighted by Gasteiger charge is -2.38. The molecule has 1 N–H and O–H groups in total. The maximum Gasteiger partial charge on any atom is 0.354 e. The zero-order valence-electron chi connectivity index (χ0n) is 9.88.